The second kappa shape index (κ2) is 9.50. The molecular weight excluding hydrogens is 491 g/mol. The minimum absolute atomic E-state index is 0.0291. The Morgan fingerprint density at radius 1 is 1.15 bits per heavy atom. The van der Waals surface area contributed by atoms with Crippen LogP contribution in [-0.4, -0.2) is 37.1 Å². The van der Waals surface area contributed by atoms with E-state index in [0.29, 0.717) is 16.7 Å². The van der Waals surface area contributed by atoms with Gasteiger partial charge in [0, 0.05) is 22.4 Å². The molecule has 33 heavy (non-hydrogen) atoms. The van der Waals surface area contributed by atoms with Crippen LogP contribution in [0.3, 0.4) is 0 Å². The minimum Gasteiger partial charge on any atom is -0.475 e. The summed E-state index contributed by atoms with van der Waals surface area (Å²) in [6, 6.07) is 7.57. The van der Waals surface area contributed by atoms with E-state index in [4.69, 9.17) is 28.3 Å². The van der Waals surface area contributed by atoms with Crippen LogP contribution in [0.2, 0.25) is 9.36 Å². The first-order valence-electron chi connectivity index (χ1n) is 9.67. The van der Waals surface area contributed by atoms with Crippen molar-refractivity contribution in [1.29, 1.82) is 0 Å². The van der Waals surface area contributed by atoms with Crippen molar-refractivity contribution in [2.75, 3.05) is 5.32 Å². The summed E-state index contributed by atoms with van der Waals surface area (Å²) < 4.78 is 2.72. The third-order valence-corrected chi connectivity index (χ3v) is 6.07. The van der Waals surface area contributed by atoms with Crippen LogP contribution >= 0.6 is 34.5 Å². The van der Waals surface area contributed by atoms with E-state index in [1.165, 1.54) is 28.2 Å². The van der Waals surface area contributed by atoms with Gasteiger partial charge in [-0.2, -0.15) is 9.78 Å². The molecule has 0 amide bonds. The molecule has 0 unspecified atom stereocenters. The second-order valence-electron chi connectivity index (χ2n) is 8.12. The minimum atomic E-state index is -1.68. The average molecular weight is 511 g/mol. The number of aliphatic carboxylic acids is 1. The summed E-state index contributed by atoms with van der Waals surface area (Å²) in [4.78, 5) is 49.3. The van der Waals surface area contributed by atoms with Crippen LogP contribution in [0, 0.1) is 5.41 Å². The maximum atomic E-state index is 13.1. The van der Waals surface area contributed by atoms with Crippen LogP contribution < -0.4 is 10.9 Å². The van der Waals surface area contributed by atoms with E-state index in [1.807, 2.05) is 6.07 Å². The highest BCUT2D eigenvalue weighted by Crippen LogP contribution is 2.30. The lowest BCUT2D eigenvalue weighted by atomic mass is 9.96. The van der Waals surface area contributed by atoms with Gasteiger partial charge in [-0.15, -0.1) is 11.3 Å². The summed E-state index contributed by atoms with van der Waals surface area (Å²) in [6.07, 6.45) is 0. The molecule has 3 aromatic heterocycles. The van der Waals surface area contributed by atoms with Gasteiger partial charge in [0.15, 0.2) is 0 Å². The van der Waals surface area contributed by atoms with Gasteiger partial charge in [-0.25, -0.2) is 4.79 Å². The lowest BCUT2D eigenvalue weighted by Crippen LogP contribution is -2.29. The molecule has 3 rings (SSSR count). The van der Waals surface area contributed by atoms with Gasteiger partial charge in [-0.05, 0) is 18.2 Å². The van der Waals surface area contributed by atoms with Crippen molar-refractivity contribution in [2.45, 2.75) is 33.9 Å². The van der Waals surface area contributed by atoms with Crippen LogP contribution in [0.15, 0.2) is 35.1 Å². The molecule has 0 aromatic carbocycles. The first-order chi connectivity index (χ1) is 15.4. The quantitative estimate of drug-likeness (QED) is 0.459. The van der Waals surface area contributed by atoms with Gasteiger partial charge >= 0.3 is 5.97 Å². The number of Topliss-reactive ketones (excluding diaryl/α,β-unsaturated/α-hetero) is 1. The molecule has 0 aliphatic heterocycles. The molecule has 9 nitrogen and oxygen atoms in total. The third-order valence-electron chi connectivity index (χ3n) is 4.53. The largest absolute Gasteiger partial charge is 0.475 e. The number of ketones is 1. The Kier molecular flexibility index (Phi) is 7.11. The average Bonchev–Trinajstić information content (AvgIpc) is 3.33. The number of carboxylic acid groups (broad SMARTS) is 1. The van der Waals surface area contributed by atoms with Crippen molar-refractivity contribution in [1.82, 2.24) is 14.3 Å². The Morgan fingerprint density at radius 3 is 2.42 bits per heavy atom. The molecule has 174 valence electrons. The number of anilines is 1. The topological polar surface area (TPSA) is 123 Å². The van der Waals surface area contributed by atoms with Crippen LogP contribution in [-0.2, 0) is 22.7 Å². The van der Waals surface area contributed by atoms with Gasteiger partial charge in [-0.3, -0.25) is 19.0 Å². The zero-order valence-electron chi connectivity index (χ0n) is 17.9. The number of pyridine rings is 1. The van der Waals surface area contributed by atoms with Gasteiger partial charge in [0.25, 0.3) is 17.2 Å². The molecule has 0 atom stereocenters. The number of carbonyl (C=O) groups is 3. The Morgan fingerprint density at radius 2 is 1.85 bits per heavy atom. The molecule has 2 N–H and O–H groups in total. The van der Waals surface area contributed by atoms with E-state index < -0.39 is 29.3 Å². The number of nitrogens with one attached hydrogen (secondary N) is 1. The molecule has 0 aliphatic carbocycles. The van der Waals surface area contributed by atoms with E-state index in [0.717, 1.165) is 15.5 Å². The van der Waals surface area contributed by atoms with E-state index in [-0.39, 0.29) is 22.3 Å². The Hall–Kier alpha value is -2.95. The molecule has 12 heteroatoms. The second-order valence-corrected chi connectivity index (χ2v) is 10.3. The lowest BCUT2D eigenvalue weighted by Gasteiger charge is -2.18. The SMILES string of the molecule is CC(C)(C)C(=O)n1nc(-c2c(Cl)ccc(=O)n2CC(=O)C(=O)O)cc1NCc1ccc(Cl)s1. The summed E-state index contributed by atoms with van der Waals surface area (Å²) in [6.45, 7) is 4.82. The van der Waals surface area contributed by atoms with Crippen molar-refractivity contribution in [3.05, 3.63) is 54.9 Å². The zero-order chi connectivity index (χ0) is 24.5. The molecule has 0 radical (unpaired) electrons. The molecule has 0 bridgehead atoms. The zero-order valence-corrected chi connectivity index (χ0v) is 20.2. The standard InChI is InChI=1S/C21H20Cl2N4O5S/c1-21(2,3)20(32)27-16(24-9-11-4-6-15(23)33-11)8-13(25-27)18-12(22)5-7-17(29)26(18)10-14(28)19(30)31/h4-8,24H,9-10H2,1-3H3,(H,30,31). The fourth-order valence-corrected chi connectivity index (χ4v) is 4.19. The number of carbonyl (C=O) groups excluding carboxylic acids is 2. The summed E-state index contributed by atoms with van der Waals surface area (Å²) in [5, 5.41) is 16.5. The summed E-state index contributed by atoms with van der Waals surface area (Å²) in [5.41, 5.74) is -1.27. The van der Waals surface area contributed by atoms with Gasteiger partial charge in [0.1, 0.15) is 11.5 Å². The van der Waals surface area contributed by atoms with Crippen molar-refractivity contribution in [3.8, 4) is 11.4 Å². The van der Waals surface area contributed by atoms with E-state index in [1.54, 1.807) is 26.8 Å². The predicted molar refractivity (Wildman–Crippen MR) is 126 cm³/mol. The number of nitrogens with zero attached hydrogens (tertiary/aromatic N) is 3. The Labute approximate surface area is 202 Å². The number of carboxylic acids is 1. The molecule has 0 saturated carbocycles. The van der Waals surface area contributed by atoms with Gasteiger partial charge in [0.05, 0.1) is 28.1 Å². The van der Waals surface area contributed by atoms with Gasteiger partial charge < -0.3 is 10.4 Å². The number of hydrogen-bond donors (Lipinski definition) is 2. The first kappa shape index (κ1) is 24.7. The van der Waals surface area contributed by atoms with Crippen LogP contribution in [0.25, 0.3) is 11.4 Å². The normalized spacial score (nSPS) is 11.4. The fourth-order valence-electron chi connectivity index (χ4n) is 2.90. The summed E-state index contributed by atoms with van der Waals surface area (Å²) >= 11 is 13.7. The molecule has 0 fully saturated rings. The molecule has 0 spiro atoms. The molecular formula is C21H20Cl2N4O5S. The first-order valence-corrected chi connectivity index (χ1v) is 11.2. The van der Waals surface area contributed by atoms with Crippen molar-refractivity contribution in [3.63, 3.8) is 0 Å². The van der Waals surface area contributed by atoms with Crippen molar-refractivity contribution in [2.24, 2.45) is 5.41 Å². The fraction of sp³-hybridized carbons (Fsp3) is 0.286. The number of rotatable bonds is 7. The highest BCUT2D eigenvalue weighted by atomic mass is 35.5. The van der Waals surface area contributed by atoms with E-state index in [9.17, 15) is 19.2 Å². The summed E-state index contributed by atoms with van der Waals surface area (Å²) in [7, 11) is 0. The maximum absolute atomic E-state index is 13.1. The number of hydrogen-bond acceptors (Lipinski definition) is 7. The van der Waals surface area contributed by atoms with Crippen molar-refractivity contribution < 1.29 is 19.5 Å². The Bertz CT molecular complexity index is 1300. The van der Waals surface area contributed by atoms with E-state index in [2.05, 4.69) is 10.4 Å². The summed E-state index contributed by atoms with van der Waals surface area (Å²) in [5.74, 6) is -2.88. The van der Waals surface area contributed by atoms with E-state index >= 15 is 0 Å². The number of aromatic nitrogens is 3. The molecule has 3 aromatic rings. The number of thiophene rings is 1. The van der Waals surface area contributed by atoms with Crippen LogP contribution in [0.1, 0.15) is 30.4 Å². The maximum Gasteiger partial charge on any atom is 0.374 e. The smallest absolute Gasteiger partial charge is 0.374 e. The number of halogens is 2. The lowest BCUT2D eigenvalue weighted by molar-refractivity contribution is -0.149. The monoisotopic (exact) mass is 510 g/mol. The Balaban J connectivity index is 2.12. The van der Waals surface area contributed by atoms with Gasteiger partial charge in [-0.1, -0.05) is 44.0 Å². The molecule has 0 saturated heterocycles. The highest BCUT2D eigenvalue weighted by Gasteiger charge is 2.28. The van der Waals surface area contributed by atoms with Crippen LogP contribution in [0.4, 0.5) is 5.82 Å². The van der Waals surface area contributed by atoms with Crippen LogP contribution in [0.5, 0.6) is 0 Å². The molecule has 3 heterocycles. The van der Waals surface area contributed by atoms with Gasteiger partial charge in [0.2, 0.25) is 0 Å². The third kappa shape index (κ3) is 5.52. The highest BCUT2D eigenvalue weighted by molar-refractivity contribution is 7.16. The predicted octanol–water partition coefficient (Wildman–Crippen LogP) is 4.03. The van der Waals surface area contributed by atoms with Crippen molar-refractivity contribution >= 4 is 58.0 Å². The molecule has 0 aliphatic rings.